The highest BCUT2D eigenvalue weighted by molar-refractivity contribution is 7.91. The van der Waals surface area contributed by atoms with Crippen LogP contribution in [0.15, 0.2) is 24.3 Å². The van der Waals surface area contributed by atoms with Gasteiger partial charge in [-0.1, -0.05) is 11.6 Å². The number of halogens is 1. The minimum Gasteiger partial charge on any atom is -0.449 e. The Labute approximate surface area is 123 Å². The summed E-state index contributed by atoms with van der Waals surface area (Å²) in [5, 5.41) is 0.552. The van der Waals surface area contributed by atoms with Crippen LogP contribution in [0.2, 0.25) is 5.02 Å². The first-order valence-electron chi connectivity index (χ1n) is 6.35. The number of hydrogen-bond donors (Lipinski definition) is 0. The van der Waals surface area contributed by atoms with Crippen LogP contribution in [-0.2, 0) is 14.6 Å². The highest BCUT2D eigenvalue weighted by Crippen LogP contribution is 2.26. The lowest BCUT2D eigenvalue weighted by Gasteiger charge is -2.27. The lowest BCUT2D eigenvalue weighted by atomic mass is 10.2. The van der Waals surface area contributed by atoms with E-state index in [9.17, 15) is 13.2 Å². The maximum atomic E-state index is 12.1. The van der Waals surface area contributed by atoms with Crippen molar-refractivity contribution in [3.05, 3.63) is 29.3 Å². The first-order chi connectivity index (χ1) is 9.43. The number of nitrogens with zero attached hydrogens (tertiary/aromatic N) is 1. The van der Waals surface area contributed by atoms with Gasteiger partial charge in [0, 0.05) is 10.7 Å². The number of carbonyl (C=O) groups excluding carboxylic acids is 1. The molecule has 0 aliphatic carbocycles. The van der Waals surface area contributed by atoms with Gasteiger partial charge in [0.2, 0.25) is 0 Å². The van der Waals surface area contributed by atoms with Gasteiger partial charge in [-0.3, -0.25) is 4.90 Å². The fraction of sp³-hybridized carbons (Fsp3) is 0.462. The minimum atomic E-state index is -3.08. The van der Waals surface area contributed by atoms with E-state index in [2.05, 4.69) is 0 Å². The average molecular weight is 318 g/mol. The van der Waals surface area contributed by atoms with Crippen LogP contribution in [0.1, 0.15) is 13.3 Å². The SMILES string of the molecule is CCOC(=O)N(c1ccc(Cl)cc1)C1CCS(=O)(=O)C1. The van der Waals surface area contributed by atoms with Gasteiger partial charge in [-0.2, -0.15) is 0 Å². The summed E-state index contributed by atoms with van der Waals surface area (Å²) in [4.78, 5) is 13.5. The van der Waals surface area contributed by atoms with Crippen molar-refractivity contribution in [1.82, 2.24) is 0 Å². The van der Waals surface area contributed by atoms with Crippen LogP contribution < -0.4 is 4.90 Å². The van der Waals surface area contributed by atoms with E-state index in [1.54, 1.807) is 31.2 Å². The molecule has 110 valence electrons. The van der Waals surface area contributed by atoms with Crippen molar-refractivity contribution >= 4 is 33.2 Å². The number of carbonyl (C=O) groups is 1. The molecular weight excluding hydrogens is 302 g/mol. The molecule has 1 unspecified atom stereocenters. The molecule has 0 spiro atoms. The smallest absolute Gasteiger partial charge is 0.414 e. The van der Waals surface area contributed by atoms with Crippen LogP contribution >= 0.6 is 11.6 Å². The summed E-state index contributed by atoms with van der Waals surface area (Å²) in [6.45, 7) is 1.95. The molecule has 1 saturated heterocycles. The number of anilines is 1. The van der Waals surface area contributed by atoms with E-state index < -0.39 is 15.9 Å². The number of rotatable bonds is 3. The average Bonchev–Trinajstić information content (AvgIpc) is 2.73. The van der Waals surface area contributed by atoms with Gasteiger partial charge in [0.15, 0.2) is 9.84 Å². The summed E-state index contributed by atoms with van der Waals surface area (Å²) in [6, 6.07) is 6.30. The Morgan fingerprint density at radius 2 is 2.05 bits per heavy atom. The van der Waals surface area contributed by atoms with E-state index in [0.29, 0.717) is 17.1 Å². The molecule has 1 heterocycles. The lowest BCUT2D eigenvalue weighted by molar-refractivity contribution is 0.157. The molecule has 0 bridgehead atoms. The van der Waals surface area contributed by atoms with Gasteiger partial charge in [-0.15, -0.1) is 0 Å². The second-order valence-corrected chi connectivity index (χ2v) is 7.27. The summed E-state index contributed by atoms with van der Waals surface area (Å²) in [5.74, 6) is 0.0651. The molecule has 7 heteroatoms. The molecule has 0 N–H and O–H groups in total. The molecule has 1 aromatic carbocycles. The molecule has 1 amide bonds. The van der Waals surface area contributed by atoms with Gasteiger partial charge in [0.05, 0.1) is 24.2 Å². The Kier molecular flexibility index (Phi) is 4.55. The quantitative estimate of drug-likeness (QED) is 0.859. The Balaban J connectivity index is 2.30. The van der Waals surface area contributed by atoms with Crippen LogP contribution in [0.4, 0.5) is 10.5 Å². The second-order valence-electron chi connectivity index (χ2n) is 4.60. The normalized spacial score (nSPS) is 20.6. The van der Waals surface area contributed by atoms with Gasteiger partial charge in [-0.05, 0) is 37.6 Å². The van der Waals surface area contributed by atoms with Gasteiger partial charge in [0.25, 0.3) is 0 Å². The predicted octanol–water partition coefficient (Wildman–Crippen LogP) is 2.49. The van der Waals surface area contributed by atoms with E-state index in [0.717, 1.165) is 0 Å². The van der Waals surface area contributed by atoms with E-state index in [-0.39, 0.29) is 24.2 Å². The molecular formula is C13H16ClNO4S. The third kappa shape index (κ3) is 3.43. The molecule has 1 atom stereocenters. The molecule has 1 aromatic rings. The minimum absolute atomic E-state index is 0.0333. The molecule has 2 rings (SSSR count). The van der Waals surface area contributed by atoms with Crippen molar-refractivity contribution in [2.45, 2.75) is 19.4 Å². The van der Waals surface area contributed by atoms with Gasteiger partial charge in [-0.25, -0.2) is 13.2 Å². The Hall–Kier alpha value is -1.27. The summed E-state index contributed by atoms with van der Waals surface area (Å²) < 4.78 is 28.3. The number of benzene rings is 1. The maximum Gasteiger partial charge on any atom is 0.414 e. The third-order valence-corrected chi connectivity index (χ3v) is 5.15. The van der Waals surface area contributed by atoms with Crippen LogP contribution in [0, 0.1) is 0 Å². The van der Waals surface area contributed by atoms with Crippen molar-refractivity contribution in [2.24, 2.45) is 0 Å². The van der Waals surface area contributed by atoms with Gasteiger partial charge >= 0.3 is 6.09 Å². The first kappa shape index (κ1) is 15.1. The summed E-state index contributed by atoms with van der Waals surface area (Å²) in [5.41, 5.74) is 0.593. The van der Waals surface area contributed by atoms with Gasteiger partial charge in [0.1, 0.15) is 0 Å². The zero-order chi connectivity index (χ0) is 14.8. The first-order valence-corrected chi connectivity index (χ1v) is 8.55. The van der Waals surface area contributed by atoms with Gasteiger partial charge < -0.3 is 4.74 Å². The van der Waals surface area contributed by atoms with Crippen LogP contribution in [-0.4, -0.2) is 38.7 Å². The van der Waals surface area contributed by atoms with Crippen LogP contribution in [0.25, 0.3) is 0 Å². The Bertz CT molecular complexity index is 585. The topological polar surface area (TPSA) is 63.7 Å². The number of hydrogen-bond acceptors (Lipinski definition) is 4. The molecule has 0 radical (unpaired) electrons. The molecule has 1 aliphatic rings. The molecule has 20 heavy (non-hydrogen) atoms. The van der Waals surface area contributed by atoms with E-state index in [1.807, 2.05) is 0 Å². The zero-order valence-electron chi connectivity index (χ0n) is 11.1. The largest absolute Gasteiger partial charge is 0.449 e. The van der Waals surface area contributed by atoms with E-state index in [4.69, 9.17) is 16.3 Å². The fourth-order valence-corrected chi connectivity index (χ4v) is 4.06. The maximum absolute atomic E-state index is 12.1. The Morgan fingerprint density at radius 1 is 1.40 bits per heavy atom. The Morgan fingerprint density at radius 3 is 2.55 bits per heavy atom. The summed E-state index contributed by atoms with van der Waals surface area (Å²) in [7, 11) is -3.08. The van der Waals surface area contributed by atoms with Crippen molar-refractivity contribution in [3.8, 4) is 0 Å². The summed E-state index contributed by atoms with van der Waals surface area (Å²) >= 11 is 5.83. The lowest BCUT2D eigenvalue weighted by Crippen LogP contribution is -2.41. The number of ether oxygens (including phenoxy) is 1. The molecule has 0 saturated carbocycles. The van der Waals surface area contributed by atoms with Crippen molar-refractivity contribution in [3.63, 3.8) is 0 Å². The number of sulfone groups is 1. The van der Waals surface area contributed by atoms with Crippen LogP contribution in [0.3, 0.4) is 0 Å². The predicted molar refractivity (Wildman–Crippen MR) is 78.0 cm³/mol. The van der Waals surface area contributed by atoms with Crippen molar-refractivity contribution < 1.29 is 17.9 Å². The standard InChI is InChI=1S/C13H16ClNO4S/c1-2-19-13(16)15(11-5-3-10(14)4-6-11)12-7-8-20(17,18)9-12/h3-6,12H,2,7-9H2,1H3. The molecule has 0 aromatic heterocycles. The molecule has 1 aliphatic heterocycles. The number of amides is 1. The zero-order valence-corrected chi connectivity index (χ0v) is 12.7. The second kappa shape index (κ2) is 6.01. The van der Waals surface area contributed by atoms with Crippen molar-refractivity contribution in [2.75, 3.05) is 23.0 Å². The molecule has 5 nitrogen and oxygen atoms in total. The van der Waals surface area contributed by atoms with E-state index >= 15 is 0 Å². The highest BCUT2D eigenvalue weighted by atomic mass is 35.5. The monoisotopic (exact) mass is 317 g/mol. The fourth-order valence-electron chi connectivity index (χ4n) is 2.24. The molecule has 1 fully saturated rings. The highest BCUT2D eigenvalue weighted by Gasteiger charge is 2.36. The summed E-state index contributed by atoms with van der Waals surface area (Å²) in [6.07, 6.45) is -0.110. The van der Waals surface area contributed by atoms with E-state index in [1.165, 1.54) is 4.90 Å². The van der Waals surface area contributed by atoms with Crippen LogP contribution in [0.5, 0.6) is 0 Å². The van der Waals surface area contributed by atoms with Crippen molar-refractivity contribution in [1.29, 1.82) is 0 Å². The third-order valence-electron chi connectivity index (χ3n) is 3.14.